The molecule has 0 amide bonds. The van der Waals surface area contributed by atoms with Gasteiger partial charge >= 0.3 is 0 Å². The van der Waals surface area contributed by atoms with E-state index in [2.05, 4.69) is 15.0 Å². The first-order chi connectivity index (χ1) is 10.2. The molecular formula is C12H16N4O5. The number of aliphatic hydroxyl groups excluding tert-OH is 3. The third kappa shape index (κ3) is 2.28. The van der Waals surface area contributed by atoms with Crippen LogP contribution in [0.4, 0.5) is 0 Å². The fourth-order valence-corrected chi connectivity index (χ4v) is 2.44. The highest BCUT2D eigenvalue weighted by Gasteiger charge is 2.43. The molecule has 0 spiro atoms. The quantitative estimate of drug-likeness (QED) is 0.628. The van der Waals surface area contributed by atoms with Crippen LogP contribution in [0.2, 0.25) is 0 Å². The minimum atomic E-state index is -1.18. The Morgan fingerprint density at radius 1 is 1.29 bits per heavy atom. The molecule has 1 aliphatic heterocycles. The number of nitrogens with zero attached hydrogens (tertiary/aromatic N) is 4. The van der Waals surface area contributed by atoms with Crippen LogP contribution in [0.3, 0.4) is 0 Å². The summed E-state index contributed by atoms with van der Waals surface area (Å²) in [5.74, 6) is 0. The number of aliphatic hydroxyl groups is 3. The fraction of sp³-hybridized carbons (Fsp3) is 0.583. The van der Waals surface area contributed by atoms with Crippen molar-refractivity contribution in [2.24, 2.45) is 0 Å². The standard InChI is InChI=1S/C12H16N4O5/c1-20-3-6-8-11(14-4-13-6)16(5-15-8)12-10(19)9(18)7(2-17)21-12/h4-5,7,9-10,12,17-19H,2-3H2,1H3/t7-,9-,10-,12-/m1/s1. The van der Waals surface area contributed by atoms with Crippen molar-refractivity contribution < 1.29 is 24.8 Å². The molecule has 9 heteroatoms. The van der Waals surface area contributed by atoms with Gasteiger partial charge in [0, 0.05) is 7.11 Å². The van der Waals surface area contributed by atoms with E-state index in [0.29, 0.717) is 16.9 Å². The summed E-state index contributed by atoms with van der Waals surface area (Å²) in [6.45, 7) is -0.0999. The molecule has 0 aromatic carbocycles. The summed E-state index contributed by atoms with van der Waals surface area (Å²) in [7, 11) is 1.55. The van der Waals surface area contributed by atoms with Gasteiger partial charge in [-0.25, -0.2) is 15.0 Å². The fourth-order valence-electron chi connectivity index (χ4n) is 2.44. The van der Waals surface area contributed by atoms with Gasteiger partial charge in [0.05, 0.1) is 25.2 Å². The zero-order valence-electron chi connectivity index (χ0n) is 11.3. The number of rotatable bonds is 4. The number of aromatic nitrogens is 4. The van der Waals surface area contributed by atoms with E-state index in [9.17, 15) is 10.2 Å². The van der Waals surface area contributed by atoms with E-state index in [1.54, 1.807) is 7.11 Å². The Morgan fingerprint density at radius 3 is 2.76 bits per heavy atom. The molecule has 3 N–H and O–H groups in total. The molecule has 1 aliphatic rings. The van der Waals surface area contributed by atoms with Crippen LogP contribution in [0.1, 0.15) is 11.9 Å². The van der Waals surface area contributed by atoms with Crippen molar-refractivity contribution in [3.63, 3.8) is 0 Å². The molecule has 3 rings (SSSR count). The van der Waals surface area contributed by atoms with Crippen LogP contribution in [-0.4, -0.2) is 66.9 Å². The second kappa shape index (κ2) is 5.62. The monoisotopic (exact) mass is 296 g/mol. The highest BCUT2D eigenvalue weighted by molar-refractivity contribution is 5.73. The molecule has 0 radical (unpaired) electrons. The van der Waals surface area contributed by atoms with Crippen LogP contribution in [0.25, 0.3) is 11.2 Å². The van der Waals surface area contributed by atoms with Crippen LogP contribution in [0.15, 0.2) is 12.7 Å². The van der Waals surface area contributed by atoms with Gasteiger partial charge in [-0.15, -0.1) is 0 Å². The maximum atomic E-state index is 10.1. The molecule has 0 bridgehead atoms. The summed E-state index contributed by atoms with van der Waals surface area (Å²) in [6.07, 6.45) is -1.23. The van der Waals surface area contributed by atoms with Crippen molar-refractivity contribution in [1.29, 1.82) is 0 Å². The molecular weight excluding hydrogens is 280 g/mol. The first kappa shape index (κ1) is 14.3. The van der Waals surface area contributed by atoms with Crippen molar-refractivity contribution >= 4 is 11.2 Å². The lowest BCUT2D eigenvalue weighted by molar-refractivity contribution is -0.0511. The topological polar surface area (TPSA) is 123 Å². The van der Waals surface area contributed by atoms with Crippen molar-refractivity contribution in [2.45, 2.75) is 31.1 Å². The maximum absolute atomic E-state index is 10.1. The highest BCUT2D eigenvalue weighted by atomic mass is 16.6. The molecule has 114 valence electrons. The number of fused-ring (bicyclic) bond motifs is 1. The first-order valence-corrected chi connectivity index (χ1v) is 6.45. The Labute approximate surface area is 119 Å². The molecule has 0 unspecified atom stereocenters. The van der Waals surface area contributed by atoms with E-state index in [4.69, 9.17) is 14.6 Å². The lowest BCUT2D eigenvalue weighted by Crippen LogP contribution is -2.33. The lowest BCUT2D eigenvalue weighted by Gasteiger charge is -2.16. The molecule has 3 heterocycles. The average molecular weight is 296 g/mol. The van der Waals surface area contributed by atoms with E-state index in [1.165, 1.54) is 17.2 Å². The summed E-state index contributed by atoms with van der Waals surface area (Å²) in [5, 5.41) is 29.0. The largest absolute Gasteiger partial charge is 0.394 e. The molecule has 9 nitrogen and oxygen atoms in total. The predicted molar refractivity (Wildman–Crippen MR) is 69.0 cm³/mol. The van der Waals surface area contributed by atoms with Crippen molar-refractivity contribution in [3.05, 3.63) is 18.3 Å². The van der Waals surface area contributed by atoms with Crippen LogP contribution < -0.4 is 0 Å². The van der Waals surface area contributed by atoms with Gasteiger partial charge in [-0.3, -0.25) is 4.57 Å². The number of methoxy groups -OCH3 is 1. The highest BCUT2D eigenvalue weighted by Crippen LogP contribution is 2.31. The Bertz CT molecular complexity index is 633. The average Bonchev–Trinajstić information content (AvgIpc) is 3.03. The lowest BCUT2D eigenvalue weighted by atomic mass is 10.1. The Hall–Kier alpha value is -1.65. The van der Waals surface area contributed by atoms with E-state index >= 15 is 0 Å². The molecule has 1 fully saturated rings. The zero-order valence-corrected chi connectivity index (χ0v) is 11.3. The molecule has 1 saturated heterocycles. The van der Waals surface area contributed by atoms with E-state index < -0.39 is 24.5 Å². The van der Waals surface area contributed by atoms with Crippen molar-refractivity contribution in [2.75, 3.05) is 13.7 Å². The molecule has 21 heavy (non-hydrogen) atoms. The van der Waals surface area contributed by atoms with Gasteiger partial charge in [0.25, 0.3) is 0 Å². The van der Waals surface area contributed by atoms with Crippen LogP contribution in [-0.2, 0) is 16.1 Å². The second-order valence-corrected chi connectivity index (χ2v) is 4.81. The van der Waals surface area contributed by atoms with Gasteiger partial charge in [0.15, 0.2) is 11.9 Å². The summed E-state index contributed by atoms with van der Waals surface area (Å²) in [4.78, 5) is 12.4. The maximum Gasteiger partial charge on any atom is 0.165 e. The molecule has 2 aromatic rings. The summed E-state index contributed by atoms with van der Waals surface area (Å²) >= 11 is 0. The number of imidazole rings is 1. The van der Waals surface area contributed by atoms with Gasteiger partial charge in [-0.05, 0) is 0 Å². The van der Waals surface area contributed by atoms with Gasteiger partial charge in [-0.2, -0.15) is 0 Å². The number of hydrogen-bond acceptors (Lipinski definition) is 8. The Morgan fingerprint density at radius 2 is 2.10 bits per heavy atom. The third-order valence-electron chi connectivity index (χ3n) is 3.51. The van der Waals surface area contributed by atoms with Crippen molar-refractivity contribution in [3.8, 4) is 0 Å². The number of ether oxygens (including phenoxy) is 2. The minimum absolute atomic E-state index is 0.284. The first-order valence-electron chi connectivity index (χ1n) is 6.45. The summed E-state index contributed by atoms with van der Waals surface area (Å²) in [5.41, 5.74) is 1.62. The molecule has 0 aliphatic carbocycles. The summed E-state index contributed by atoms with van der Waals surface area (Å²) in [6, 6.07) is 0. The van der Waals surface area contributed by atoms with Gasteiger partial charge in [-0.1, -0.05) is 0 Å². The van der Waals surface area contributed by atoms with Crippen LogP contribution >= 0.6 is 0 Å². The number of hydrogen-bond donors (Lipinski definition) is 3. The van der Waals surface area contributed by atoms with E-state index in [0.717, 1.165) is 0 Å². The zero-order chi connectivity index (χ0) is 15.0. The van der Waals surface area contributed by atoms with Gasteiger partial charge in [0.2, 0.25) is 0 Å². The predicted octanol–water partition coefficient (Wildman–Crippen LogP) is -1.42. The third-order valence-corrected chi connectivity index (χ3v) is 3.51. The van der Waals surface area contributed by atoms with Crippen LogP contribution in [0.5, 0.6) is 0 Å². The molecule has 0 saturated carbocycles. The molecule has 2 aromatic heterocycles. The van der Waals surface area contributed by atoms with Gasteiger partial charge in [0.1, 0.15) is 30.2 Å². The van der Waals surface area contributed by atoms with Gasteiger partial charge < -0.3 is 24.8 Å². The smallest absolute Gasteiger partial charge is 0.165 e. The van der Waals surface area contributed by atoms with E-state index in [1.807, 2.05) is 0 Å². The minimum Gasteiger partial charge on any atom is -0.394 e. The SMILES string of the molecule is COCc1ncnc2c1ncn2[C@@H]1O[C@H](CO)[C@@H](O)[C@H]1O. The normalized spacial score (nSPS) is 29.3. The second-order valence-electron chi connectivity index (χ2n) is 4.81. The Kier molecular flexibility index (Phi) is 3.83. The molecule has 4 atom stereocenters. The summed E-state index contributed by atoms with van der Waals surface area (Å²) < 4.78 is 12.0. The van der Waals surface area contributed by atoms with Crippen molar-refractivity contribution in [1.82, 2.24) is 19.5 Å². The Balaban J connectivity index is 2.00. The van der Waals surface area contributed by atoms with E-state index in [-0.39, 0.29) is 13.2 Å². The van der Waals surface area contributed by atoms with Crippen LogP contribution in [0, 0.1) is 0 Å².